The Morgan fingerprint density at radius 2 is 1.71 bits per heavy atom. The molecule has 0 amide bonds. The third-order valence-electron chi connectivity index (χ3n) is 2.98. The Hall–Kier alpha value is -2.66. The maximum absolute atomic E-state index is 9.24. The minimum absolute atomic E-state index is 0.0741. The summed E-state index contributed by atoms with van der Waals surface area (Å²) in [6, 6.07) is 16.8. The van der Waals surface area contributed by atoms with E-state index < -0.39 is 0 Å². The summed E-state index contributed by atoms with van der Waals surface area (Å²) in [6.45, 7) is 0.0894. The number of para-hydroxylation sites is 1. The van der Waals surface area contributed by atoms with Crippen molar-refractivity contribution < 1.29 is 14.3 Å². The number of benzene rings is 2. The lowest BCUT2D eigenvalue weighted by molar-refractivity contribution is 0.242. The Labute approximate surface area is 121 Å². The van der Waals surface area contributed by atoms with Crippen molar-refractivity contribution in [3.8, 4) is 17.2 Å². The van der Waals surface area contributed by atoms with E-state index in [4.69, 9.17) is 9.15 Å². The highest BCUT2D eigenvalue weighted by Crippen LogP contribution is 2.20. The van der Waals surface area contributed by atoms with Crippen LogP contribution in [0.5, 0.6) is 5.75 Å². The van der Waals surface area contributed by atoms with E-state index in [0.29, 0.717) is 17.5 Å². The number of aliphatic hydroxyl groups excluding tert-OH is 1. The smallest absolute Gasteiger partial charge is 0.254 e. The number of aromatic nitrogens is 2. The van der Waals surface area contributed by atoms with E-state index in [9.17, 15) is 5.11 Å². The van der Waals surface area contributed by atoms with Crippen LogP contribution in [0.25, 0.3) is 11.5 Å². The standard InChI is InChI=1S/C16H14N2O3/c19-10-13-8-4-5-9-14(13)20-11-15-17-18-16(21-15)12-6-2-1-3-7-12/h1-9,19H,10-11H2. The quantitative estimate of drug-likeness (QED) is 0.779. The first kappa shape index (κ1) is 13.3. The number of ether oxygens (including phenoxy) is 1. The average molecular weight is 282 g/mol. The first-order valence-corrected chi connectivity index (χ1v) is 6.56. The summed E-state index contributed by atoms with van der Waals surface area (Å²) < 4.78 is 11.2. The topological polar surface area (TPSA) is 68.4 Å². The third kappa shape index (κ3) is 3.09. The fraction of sp³-hybridized carbons (Fsp3) is 0.125. The molecule has 2 aromatic carbocycles. The van der Waals surface area contributed by atoms with Crippen LogP contribution in [-0.2, 0) is 13.2 Å². The monoisotopic (exact) mass is 282 g/mol. The summed E-state index contributed by atoms with van der Waals surface area (Å²) in [7, 11) is 0. The van der Waals surface area contributed by atoms with Crippen LogP contribution < -0.4 is 4.74 Å². The van der Waals surface area contributed by atoms with Crippen LogP contribution >= 0.6 is 0 Å². The summed E-state index contributed by atoms with van der Waals surface area (Å²) in [5.41, 5.74) is 1.59. The van der Waals surface area contributed by atoms with Gasteiger partial charge in [-0.3, -0.25) is 0 Å². The van der Waals surface area contributed by atoms with E-state index in [1.165, 1.54) is 0 Å². The number of hydrogen-bond acceptors (Lipinski definition) is 5. The van der Waals surface area contributed by atoms with Gasteiger partial charge in [0.2, 0.25) is 5.89 Å². The minimum Gasteiger partial charge on any atom is -0.483 e. The lowest BCUT2D eigenvalue weighted by atomic mass is 10.2. The normalized spacial score (nSPS) is 10.5. The van der Waals surface area contributed by atoms with Crippen LogP contribution in [0.2, 0.25) is 0 Å². The first-order valence-electron chi connectivity index (χ1n) is 6.56. The van der Waals surface area contributed by atoms with Crippen molar-refractivity contribution in [2.24, 2.45) is 0 Å². The van der Waals surface area contributed by atoms with Crippen LogP contribution in [0.3, 0.4) is 0 Å². The second-order valence-electron chi connectivity index (χ2n) is 4.42. The van der Waals surface area contributed by atoms with Gasteiger partial charge in [-0.25, -0.2) is 0 Å². The second kappa shape index (κ2) is 6.19. The van der Waals surface area contributed by atoms with Gasteiger partial charge >= 0.3 is 0 Å². The van der Waals surface area contributed by atoms with Crippen LogP contribution in [0, 0.1) is 0 Å². The zero-order valence-electron chi connectivity index (χ0n) is 11.3. The molecule has 0 unspecified atom stereocenters. The molecule has 0 saturated carbocycles. The number of aliphatic hydroxyl groups is 1. The van der Waals surface area contributed by atoms with E-state index in [2.05, 4.69) is 10.2 Å². The van der Waals surface area contributed by atoms with Crippen LogP contribution in [0.1, 0.15) is 11.5 Å². The van der Waals surface area contributed by atoms with Gasteiger partial charge in [-0.2, -0.15) is 0 Å². The molecule has 0 fully saturated rings. The Balaban J connectivity index is 1.71. The summed E-state index contributed by atoms with van der Waals surface area (Å²) >= 11 is 0. The highest BCUT2D eigenvalue weighted by Gasteiger charge is 2.09. The molecule has 1 N–H and O–H groups in total. The van der Waals surface area contributed by atoms with E-state index in [0.717, 1.165) is 11.1 Å². The van der Waals surface area contributed by atoms with Gasteiger partial charge in [0.05, 0.1) is 6.61 Å². The minimum atomic E-state index is -0.0741. The molecular weight excluding hydrogens is 268 g/mol. The lowest BCUT2D eigenvalue weighted by Gasteiger charge is -2.07. The molecule has 0 aliphatic carbocycles. The molecule has 1 aromatic heterocycles. The zero-order chi connectivity index (χ0) is 14.5. The molecule has 106 valence electrons. The van der Waals surface area contributed by atoms with Crippen molar-refractivity contribution >= 4 is 0 Å². The Bertz CT molecular complexity index is 710. The molecule has 1 heterocycles. The van der Waals surface area contributed by atoms with E-state index in [-0.39, 0.29) is 13.2 Å². The molecule has 5 nitrogen and oxygen atoms in total. The third-order valence-corrected chi connectivity index (χ3v) is 2.98. The summed E-state index contributed by atoms with van der Waals surface area (Å²) in [4.78, 5) is 0. The highest BCUT2D eigenvalue weighted by molar-refractivity contribution is 5.51. The van der Waals surface area contributed by atoms with Crippen molar-refractivity contribution in [2.75, 3.05) is 0 Å². The molecule has 5 heteroatoms. The molecule has 0 aliphatic rings. The molecule has 0 aliphatic heterocycles. The van der Waals surface area contributed by atoms with Gasteiger partial charge in [0.15, 0.2) is 6.61 Å². The maximum Gasteiger partial charge on any atom is 0.254 e. The van der Waals surface area contributed by atoms with Crippen molar-refractivity contribution in [1.82, 2.24) is 10.2 Å². The molecule has 0 bridgehead atoms. The van der Waals surface area contributed by atoms with Crippen LogP contribution in [-0.4, -0.2) is 15.3 Å². The Morgan fingerprint density at radius 1 is 0.952 bits per heavy atom. The van der Waals surface area contributed by atoms with E-state index >= 15 is 0 Å². The van der Waals surface area contributed by atoms with Crippen LogP contribution in [0.4, 0.5) is 0 Å². The fourth-order valence-corrected chi connectivity index (χ4v) is 1.92. The SMILES string of the molecule is OCc1ccccc1OCc1nnc(-c2ccccc2)o1. The Kier molecular flexibility index (Phi) is 3.93. The van der Waals surface area contributed by atoms with E-state index in [1.54, 1.807) is 12.1 Å². The molecule has 0 spiro atoms. The molecule has 3 rings (SSSR count). The molecule has 21 heavy (non-hydrogen) atoms. The summed E-state index contributed by atoms with van der Waals surface area (Å²) in [6.07, 6.45) is 0. The zero-order valence-corrected chi connectivity index (χ0v) is 11.3. The van der Waals surface area contributed by atoms with Crippen LogP contribution in [0.15, 0.2) is 59.0 Å². The molecular formula is C16H14N2O3. The summed E-state index contributed by atoms with van der Waals surface area (Å²) in [5, 5.41) is 17.2. The lowest BCUT2D eigenvalue weighted by Crippen LogP contribution is -1.98. The largest absolute Gasteiger partial charge is 0.483 e. The second-order valence-corrected chi connectivity index (χ2v) is 4.42. The number of rotatable bonds is 5. The van der Waals surface area contributed by atoms with E-state index in [1.807, 2.05) is 42.5 Å². The van der Waals surface area contributed by atoms with Gasteiger partial charge in [-0.15, -0.1) is 10.2 Å². The predicted molar refractivity (Wildman–Crippen MR) is 76.4 cm³/mol. The van der Waals surface area contributed by atoms with Gasteiger partial charge in [0, 0.05) is 11.1 Å². The molecule has 0 saturated heterocycles. The molecule has 0 atom stereocenters. The molecule has 0 radical (unpaired) electrons. The van der Waals surface area contributed by atoms with Gasteiger partial charge in [-0.1, -0.05) is 36.4 Å². The maximum atomic E-state index is 9.24. The van der Waals surface area contributed by atoms with Crippen molar-refractivity contribution in [2.45, 2.75) is 13.2 Å². The fourth-order valence-electron chi connectivity index (χ4n) is 1.92. The summed E-state index contributed by atoms with van der Waals surface area (Å²) in [5.74, 6) is 1.46. The van der Waals surface area contributed by atoms with Gasteiger partial charge in [0.25, 0.3) is 5.89 Å². The van der Waals surface area contributed by atoms with Crippen molar-refractivity contribution in [3.63, 3.8) is 0 Å². The van der Waals surface area contributed by atoms with Gasteiger partial charge in [0.1, 0.15) is 5.75 Å². The first-order chi connectivity index (χ1) is 10.4. The predicted octanol–water partition coefficient (Wildman–Crippen LogP) is 2.81. The number of nitrogens with zero attached hydrogens (tertiary/aromatic N) is 2. The van der Waals surface area contributed by atoms with Gasteiger partial charge in [-0.05, 0) is 18.2 Å². The molecule has 3 aromatic rings. The number of hydrogen-bond donors (Lipinski definition) is 1. The van der Waals surface area contributed by atoms with Crippen molar-refractivity contribution in [1.29, 1.82) is 0 Å². The Morgan fingerprint density at radius 3 is 2.52 bits per heavy atom. The highest BCUT2D eigenvalue weighted by atomic mass is 16.5. The average Bonchev–Trinajstić information content (AvgIpc) is 3.03. The van der Waals surface area contributed by atoms with Gasteiger partial charge < -0.3 is 14.3 Å². The van der Waals surface area contributed by atoms with Crippen molar-refractivity contribution in [3.05, 3.63) is 66.1 Å².